The fourth-order valence-corrected chi connectivity index (χ4v) is 1.82. The van der Waals surface area contributed by atoms with Crippen molar-refractivity contribution in [3.05, 3.63) is 0 Å². The molecule has 2 bridgehead atoms. The van der Waals surface area contributed by atoms with Gasteiger partial charge in [-0.3, -0.25) is 0 Å². The normalized spacial score (nSPS) is 38.2. The summed E-state index contributed by atoms with van der Waals surface area (Å²) in [6, 6.07) is 0. The van der Waals surface area contributed by atoms with Crippen LogP contribution in [0.4, 0.5) is 0 Å². The second-order valence-corrected chi connectivity index (χ2v) is 3.73. The van der Waals surface area contributed by atoms with Crippen molar-refractivity contribution in [1.82, 2.24) is 0 Å². The van der Waals surface area contributed by atoms with E-state index in [1.165, 1.54) is 0 Å². The summed E-state index contributed by atoms with van der Waals surface area (Å²) in [5, 5.41) is 8.67. The minimum Gasteiger partial charge on any atom is -0.479 e. The Balaban J connectivity index is 1.84. The van der Waals surface area contributed by atoms with Gasteiger partial charge in [-0.05, 0) is 6.92 Å². The maximum absolute atomic E-state index is 10.6. The van der Waals surface area contributed by atoms with E-state index in [2.05, 4.69) is 0 Å². The Bertz CT molecular complexity index is 217. The van der Waals surface area contributed by atoms with Crippen LogP contribution in [0.1, 0.15) is 19.8 Å². The molecule has 0 amide bonds. The molecule has 0 aromatic heterocycles. The van der Waals surface area contributed by atoms with E-state index in [0.29, 0.717) is 13.0 Å². The summed E-state index contributed by atoms with van der Waals surface area (Å²) in [6.45, 7) is 2.15. The first-order valence-electron chi connectivity index (χ1n) is 4.80. The molecule has 2 rings (SSSR count). The molecule has 5 heteroatoms. The van der Waals surface area contributed by atoms with Gasteiger partial charge in [0, 0.05) is 12.8 Å². The molecule has 0 aromatic rings. The predicted octanol–water partition coefficient (Wildman–Crippen LogP) is 0.380. The standard InChI is InChI=1S/C9H14O5/c1-5(9(10)11)13-6-2-7-4-12-8(3-6)14-7/h5-8H,2-4H2,1H3,(H,10,11)/t5-,6+,7+,8-/m1/s1. The molecular formula is C9H14O5. The molecule has 0 radical (unpaired) electrons. The summed E-state index contributed by atoms with van der Waals surface area (Å²) in [6.07, 6.45) is 0.451. The van der Waals surface area contributed by atoms with Gasteiger partial charge in [0.2, 0.25) is 0 Å². The highest BCUT2D eigenvalue weighted by atomic mass is 16.7. The van der Waals surface area contributed by atoms with Gasteiger partial charge in [-0.25, -0.2) is 4.79 Å². The van der Waals surface area contributed by atoms with Crippen LogP contribution in [0.15, 0.2) is 0 Å². The zero-order valence-corrected chi connectivity index (χ0v) is 8.01. The largest absolute Gasteiger partial charge is 0.479 e. The lowest BCUT2D eigenvalue weighted by Gasteiger charge is -2.27. The summed E-state index contributed by atoms with van der Waals surface area (Å²) in [7, 11) is 0. The molecule has 2 fully saturated rings. The van der Waals surface area contributed by atoms with E-state index < -0.39 is 12.1 Å². The minimum absolute atomic E-state index is 0.0488. The van der Waals surface area contributed by atoms with Crippen molar-refractivity contribution in [3.8, 4) is 0 Å². The van der Waals surface area contributed by atoms with Crippen LogP contribution in [0.25, 0.3) is 0 Å². The molecule has 2 aliphatic rings. The first-order chi connectivity index (χ1) is 6.65. The molecule has 0 unspecified atom stereocenters. The van der Waals surface area contributed by atoms with Crippen LogP contribution in [0, 0.1) is 0 Å². The lowest BCUT2D eigenvalue weighted by molar-refractivity contribution is -0.167. The maximum Gasteiger partial charge on any atom is 0.332 e. The molecule has 0 aromatic carbocycles. The number of ether oxygens (including phenoxy) is 3. The zero-order valence-electron chi connectivity index (χ0n) is 8.01. The third-order valence-corrected chi connectivity index (χ3v) is 2.54. The van der Waals surface area contributed by atoms with Gasteiger partial charge >= 0.3 is 5.97 Å². The first-order valence-corrected chi connectivity index (χ1v) is 4.80. The molecule has 2 heterocycles. The SMILES string of the molecule is C[C@@H](O[C@H]1C[C@H]2CO[C@@H](C1)O2)C(=O)O. The first kappa shape index (κ1) is 9.89. The van der Waals surface area contributed by atoms with Gasteiger partial charge in [0.25, 0.3) is 0 Å². The summed E-state index contributed by atoms with van der Waals surface area (Å²) in [5.74, 6) is -0.926. The number of carbonyl (C=O) groups is 1. The second-order valence-electron chi connectivity index (χ2n) is 3.73. The van der Waals surface area contributed by atoms with Crippen molar-refractivity contribution >= 4 is 5.97 Å². The molecule has 0 aliphatic carbocycles. The molecule has 0 saturated carbocycles. The van der Waals surface area contributed by atoms with E-state index in [-0.39, 0.29) is 18.5 Å². The topological polar surface area (TPSA) is 65.0 Å². The van der Waals surface area contributed by atoms with Crippen LogP contribution in [-0.4, -0.2) is 42.3 Å². The number of rotatable bonds is 3. The average molecular weight is 202 g/mol. The van der Waals surface area contributed by atoms with Crippen LogP contribution in [0.5, 0.6) is 0 Å². The van der Waals surface area contributed by atoms with Crippen LogP contribution < -0.4 is 0 Å². The number of hydrogen-bond donors (Lipinski definition) is 1. The van der Waals surface area contributed by atoms with Gasteiger partial charge in [-0.2, -0.15) is 0 Å². The summed E-state index contributed by atoms with van der Waals surface area (Å²) < 4.78 is 16.1. The van der Waals surface area contributed by atoms with Gasteiger partial charge in [0.15, 0.2) is 12.4 Å². The van der Waals surface area contributed by atoms with E-state index in [0.717, 1.165) is 6.42 Å². The third kappa shape index (κ3) is 2.05. The highest BCUT2D eigenvalue weighted by Gasteiger charge is 2.37. The van der Waals surface area contributed by atoms with Crippen molar-refractivity contribution in [2.75, 3.05) is 6.61 Å². The minimum atomic E-state index is -0.926. The fraction of sp³-hybridized carbons (Fsp3) is 0.889. The average Bonchev–Trinajstić information content (AvgIpc) is 2.45. The smallest absolute Gasteiger partial charge is 0.332 e. The van der Waals surface area contributed by atoms with Gasteiger partial charge < -0.3 is 19.3 Å². The molecule has 4 atom stereocenters. The Morgan fingerprint density at radius 2 is 2.36 bits per heavy atom. The van der Waals surface area contributed by atoms with E-state index in [4.69, 9.17) is 19.3 Å². The van der Waals surface area contributed by atoms with Crippen molar-refractivity contribution in [2.24, 2.45) is 0 Å². The number of aliphatic carboxylic acids is 1. The fourth-order valence-electron chi connectivity index (χ4n) is 1.82. The van der Waals surface area contributed by atoms with E-state index in [1.54, 1.807) is 6.92 Å². The van der Waals surface area contributed by atoms with Crippen LogP contribution in [-0.2, 0) is 19.0 Å². The van der Waals surface area contributed by atoms with Crippen molar-refractivity contribution in [1.29, 1.82) is 0 Å². The van der Waals surface area contributed by atoms with Crippen LogP contribution >= 0.6 is 0 Å². The molecule has 80 valence electrons. The number of carboxylic acid groups (broad SMARTS) is 1. The lowest BCUT2D eigenvalue weighted by Crippen LogP contribution is -2.35. The molecule has 5 nitrogen and oxygen atoms in total. The number of hydrogen-bond acceptors (Lipinski definition) is 4. The Hall–Kier alpha value is -0.650. The Kier molecular flexibility index (Phi) is 2.71. The summed E-state index contributed by atoms with van der Waals surface area (Å²) in [5.41, 5.74) is 0. The maximum atomic E-state index is 10.6. The van der Waals surface area contributed by atoms with E-state index in [1.807, 2.05) is 0 Å². The zero-order chi connectivity index (χ0) is 10.1. The monoisotopic (exact) mass is 202 g/mol. The number of carboxylic acids is 1. The van der Waals surface area contributed by atoms with Gasteiger partial charge in [0.1, 0.15) is 0 Å². The molecule has 2 saturated heterocycles. The number of fused-ring (bicyclic) bond motifs is 2. The predicted molar refractivity (Wildman–Crippen MR) is 45.8 cm³/mol. The molecule has 0 spiro atoms. The molecule has 2 aliphatic heterocycles. The third-order valence-electron chi connectivity index (χ3n) is 2.54. The second kappa shape index (κ2) is 3.84. The van der Waals surface area contributed by atoms with Crippen molar-refractivity contribution in [3.63, 3.8) is 0 Å². The van der Waals surface area contributed by atoms with Crippen LogP contribution in [0.2, 0.25) is 0 Å². The highest BCUT2D eigenvalue weighted by molar-refractivity contribution is 5.71. The van der Waals surface area contributed by atoms with Gasteiger partial charge in [-0.1, -0.05) is 0 Å². The van der Waals surface area contributed by atoms with Gasteiger partial charge in [-0.15, -0.1) is 0 Å². The summed E-state index contributed by atoms with van der Waals surface area (Å²) >= 11 is 0. The molecule has 14 heavy (non-hydrogen) atoms. The summed E-state index contributed by atoms with van der Waals surface area (Å²) in [4.78, 5) is 10.6. The lowest BCUT2D eigenvalue weighted by atomic mass is 10.1. The Labute approximate surface area is 81.9 Å². The molecule has 1 N–H and O–H groups in total. The van der Waals surface area contributed by atoms with Crippen molar-refractivity contribution in [2.45, 2.75) is 44.4 Å². The van der Waals surface area contributed by atoms with Crippen molar-refractivity contribution < 1.29 is 24.1 Å². The van der Waals surface area contributed by atoms with Gasteiger partial charge in [0.05, 0.1) is 18.8 Å². The quantitative estimate of drug-likeness (QED) is 0.716. The van der Waals surface area contributed by atoms with E-state index >= 15 is 0 Å². The Morgan fingerprint density at radius 1 is 1.57 bits per heavy atom. The highest BCUT2D eigenvalue weighted by Crippen LogP contribution is 2.29. The Morgan fingerprint density at radius 3 is 3.00 bits per heavy atom. The van der Waals surface area contributed by atoms with Crippen LogP contribution in [0.3, 0.4) is 0 Å². The molecular weight excluding hydrogens is 188 g/mol. The van der Waals surface area contributed by atoms with E-state index in [9.17, 15) is 4.79 Å².